The quantitative estimate of drug-likeness (QED) is 0.0841. The molecule has 4 aromatic heterocycles. The maximum atomic E-state index is 11.9. The van der Waals surface area contributed by atoms with E-state index < -0.39 is 10.1 Å². The summed E-state index contributed by atoms with van der Waals surface area (Å²) in [6.07, 6.45) is 3.63. The van der Waals surface area contributed by atoms with Gasteiger partial charge in [-0.1, -0.05) is 59.2 Å². The first kappa shape index (κ1) is 37.8. The lowest BCUT2D eigenvalue weighted by atomic mass is 10.1. The first-order valence-electron chi connectivity index (χ1n) is 16.8. The molecule has 2 aliphatic heterocycles. The van der Waals surface area contributed by atoms with Crippen LogP contribution in [0.4, 0.5) is 0 Å². The zero-order valence-electron chi connectivity index (χ0n) is 28.2. The first-order chi connectivity index (χ1) is 26.1. The molecule has 282 valence electrons. The van der Waals surface area contributed by atoms with E-state index in [-0.39, 0.29) is 17.4 Å². The number of unbranched alkanes of at least 4 members (excludes halogenated alkanes) is 3. The summed E-state index contributed by atoms with van der Waals surface area (Å²) in [6, 6.07) is 13.7. The van der Waals surface area contributed by atoms with Gasteiger partial charge in [-0.15, -0.1) is 22.7 Å². The minimum atomic E-state index is -4.43. The van der Waals surface area contributed by atoms with Crippen LogP contribution >= 0.6 is 69.1 Å². The van der Waals surface area contributed by atoms with E-state index in [0.29, 0.717) is 74.2 Å². The van der Waals surface area contributed by atoms with Gasteiger partial charge in [0.1, 0.15) is 24.7 Å². The third-order valence-corrected chi connectivity index (χ3v) is 13.4. The summed E-state index contributed by atoms with van der Waals surface area (Å²) in [5.74, 6) is 1.17. The fourth-order valence-corrected chi connectivity index (χ4v) is 10.1. The van der Waals surface area contributed by atoms with Crippen molar-refractivity contribution < 1.29 is 31.9 Å². The lowest BCUT2D eigenvalue weighted by Gasteiger charge is -2.17. The Bertz CT molecular complexity index is 2480. The number of thiophene rings is 2. The van der Waals surface area contributed by atoms with Crippen molar-refractivity contribution in [2.75, 3.05) is 13.2 Å². The molecule has 0 atom stereocenters. The lowest BCUT2D eigenvalue weighted by Crippen LogP contribution is -2.07. The molecule has 2 aliphatic rings. The summed E-state index contributed by atoms with van der Waals surface area (Å²) in [6.45, 7) is 2.21. The number of hydrogen-bond acceptors (Lipinski definition) is 10. The van der Waals surface area contributed by atoms with Gasteiger partial charge in [0.15, 0.2) is 4.21 Å². The monoisotopic (exact) mass is 866 g/mol. The molecule has 0 bridgehead atoms. The van der Waals surface area contributed by atoms with E-state index in [1.807, 2.05) is 22.2 Å². The second-order valence-electron chi connectivity index (χ2n) is 12.5. The van der Waals surface area contributed by atoms with E-state index in [1.54, 1.807) is 46.4 Å². The lowest BCUT2D eigenvalue weighted by molar-refractivity contribution is 0.104. The third kappa shape index (κ3) is 7.53. The van der Waals surface area contributed by atoms with Crippen molar-refractivity contribution in [3.05, 3.63) is 96.5 Å². The van der Waals surface area contributed by atoms with Crippen LogP contribution in [-0.2, 0) is 46.0 Å². The number of ether oxygens (including phenoxy) is 4. The maximum Gasteiger partial charge on any atom is 0.304 e. The summed E-state index contributed by atoms with van der Waals surface area (Å²) in [5, 5.41) is 13.6. The third-order valence-electron chi connectivity index (χ3n) is 8.95. The van der Waals surface area contributed by atoms with Crippen molar-refractivity contribution in [2.24, 2.45) is 0 Å². The van der Waals surface area contributed by atoms with Gasteiger partial charge in [0.05, 0.1) is 67.2 Å². The topological polar surface area (TPSA) is 127 Å². The Morgan fingerprint density at radius 1 is 0.722 bits per heavy atom. The van der Waals surface area contributed by atoms with Gasteiger partial charge in [-0.2, -0.15) is 18.6 Å². The van der Waals surface area contributed by atoms with E-state index in [2.05, 4.69) is 0 Å². The van der Waals surface area contributed by atoms with Crippen LogP contribution in [-0.4, -0.2) is 45.7 Å². The Hall–Kier alpha value is -3.15. The minimum absolute atomic E-state index is 0.147. The number of nitrogens with zero attached hydrogens (tertiary/aromatic N) is 4. The summed E-state index contributed by atoms with van der Waals surface area (Å²) in [5.41, 5.74) is 6.08. The molecule has 0 saturated heterocycles. The average Bonchev–Trinajstić information content (AvgIpc) is 3.93. The minimum Gasteiger partial charge on any atom is -0.487 e. The number of benzene rings is 2. The van der Waals surface area contributed by atoms with Crippen LogP contribution in [0.2, 0.25) is 20.1 Å². The summed E-state index contributed by atoms with van der Waals surface area (Å²) < 4.78 is 60.9. The highest BCUT2D eigenvalue weighted by Crippen LogP contribution is 2.48. The van der Waals surface area contributed by atoms with Crippen molar-refractivity contribution in [1.29, 1.82) is 0 Å². The normalized spacial score (nSPS) is 13.2. The molecule has 1 N–H and O–H groups in total. The Balaban J connectivity index is 0.856. The molecule has 0 unspecified atom stereocenters. The molecule has 18 heteroatoms. The van der Waals surface area contributed by atoms with E-state index in [1.165, 1.54) is 6.07 Å². The SMILES string of the molecule is O=S(=O)(O)c1cc2c(s1)-c1c(c(COCCCCCCOCc3nn(-c4ccc(Cl)cc4Cl)c4c3COc3ccsc3-4)nn1-c1ccc(Cl)cc1Cl)CO2. The number of rotatable bonds is 14. The Kier molecular flexibility index (Phi) is 11.0. The Morgan fingerprint density at radius 2 is 1.26 bits per heavy atom. The zero-order valence-corrected chi connectivity index (χ0v) is 33.7. The van der Waals surface area contributed by atoms with Crippen LogP contribution in [0.5, 0.6) is 11.5 Å². The van der Waals surface area contributed by atoms with E-state index in [9.17, 15) is 13.0 Å². The molecule has 0 amide bonds. The first-order valence-corrected chi connectivity index (χ1v) is 21.4. The molecule has 0 radical (unpaired) electrons. The van der Waals surface area contributed by atoms with E-state index in [0.717, 1.165) is 75.8 Å². The van der Waals surface area contributed by atoms with E-state index in [4.69, 9.17) is 75.5 Å². The van der Waals surface area contributed by atoms with Crippen LogP contribution in [0.25, 0.3) is 32.5 Å². The van der Waals surface area contributed by atoms with Crippen molar-refractivity contribution in [1.82, 2.24) is 19.6 Å². The van der Waals surface area contributed by atoms with Crippen LogP contribution in [0.15, 0.2) is 58.1 Å². The number of halogens is 4. The van der Waals surface area contributed by atoms with Gasteiger partial charge in [-0.05, 0) is 60.7 Å². The van der Waals surface area contributed by atoms with Crippen LogP contribution in [0.3, 0.4) is 0 Å². The van der Waals surface area contributed by atoms with Gasteiger partial charge in [0.25, 0.3) is 0 Å². The summed E-state index contributed by atoms with van der Waals surface area (Å²) in [4.78, 5) is 1.52. The Labute approximate surface area is 338 Å². The highest BCUT2D eigenvalue weighted by atomic mass is 35.5. The largest absolute Gasteiger partial charge is 0.487 e. The molecular formula is C36H30Cl4N4O7S3. The van der Waals surface area contributed by atoms with Gasteiger partial charge < -0.3 is 18.9 Å². The van der Waals surface area contributed by atoms with Crippen molar-refractivity contribution in [3.63, 3.8) is 0 Å². The van der Waals surface area contributed by atoms with Gasteiger partial charge in [-0.3, -0.25) is 4.55 Å². The molecule has 54 heavy (non-hydrogen) atoms. The summed E-state index contributed by atoms with van der Waals surface area (Å²) >= 11 is 28.0. The zero-order chi connectivity index (χ0) is 37.6. The van der Waals surface area contributed by atoms with E-state index >= 15 is 0 Å². The van der Waals surface area contributed by atoms with Crippen LogP contribution in [0, 0.1) is 0 Å². The Morgan fingerprint density at radius 3 is 1.80 bits per heavy atom. The smallest absolute Gasteiger partial charge is 0.304 e. The molecule has 2 aromatic carbocycles. The number of aromatic nitrogens is 4. The highest BCUT2D eigenvalue weighted by Gasteiger charge is 2.32. The van der Waals surface area contributed by atoms with Gasteiger partial charge in [0, 0.05) is 40.5 Å². The van der Waals surface area contributed by atoms with Crippen molar-refractivity contribution >= 4 is 79.2 Å². The van der Waals surface area contributed by atoms with Crippen molar-refractivity contribution in [2.45, 2.75) is 56.3 Å². The standard InChI is InChI=1S/C36H30Cl4N4O7S3/c37-20-5-7-28(24(39)13-20)43-33-22(16-50-30-9-12-52-35(30)33)26(41-43)18-48-10-3-1-2-4-11-49-19-27-23-17-51-31-15-32(54(45,46)47)53-36(31)34(23)44(42-27)29-8-6-21(38)14-25(29)40/h5-9,12-15H,1-4,10-11,16-19H2,(H,45,46,47). The highest BCUT2D eigenvalue weighted by molar-refractivity contribution is 7.88. The fourth-order valence-electron chi connectivity index (χ4n) is 6.38. The van der Waals surface area contributed by atoms with Gasteiger partial charge in [0.2, 0.25) is 0 Å². The second kappa shape index (κ2) is 15.8. The fraction of sp³-hybridized carbons (Fsp3) is 0.278. The molecule has 6 aromatic rings. The maximum absolute atomic E-state index is 11.9. The predicted molar refractivity (Wildman–Crippen MR) is 210 cm³/mol. The predicted octanol–water partition coefficient (Wildman–Crippen LogP) is 10.5. The van der Waals surface area contributed by atoms with Crippen LogP contribution in [0.1, 0.15) is 48.2 Å². The number of fused-ring (bicyclic) bond motifs is 6. The number of hydrogen-bond donors (Lipinski definition) is 1. The van der Waals surface area contributed by atoms with Gasteiger partial charge >= 0.3 is 10.1 Å². The van der Waals surface area contributed by atoms with Gasteiger partial charge in [-0.25, -0.2) is 9.36 Å². The molecule has 0 fully saturated rings. The van der Waals surface area contributed by atoms with Crippen molar-refractivity contribution in [3.8, 4) is 44.0 Å². The second-order valence-corrected chi connectivity index (χ2v) is 17.8. The van der Waals surface area contributed by atoms with Crippen LogP contribution < -0.4 is 9.47 Å². The average molecular weight is 869 g/mol. The molecule has 0 aliphatic carbocycles. The molecular weight excluding hydrogens is 838 g/mol. The summed E-state index contributed by atoms with van der Waals surface area (Å²) in [7, 11) is -4.43. The molecule has 6 heterocycles. The molecule has 0 spiro atoms. The molecule has 0 saturated carbocycles. The molecule has 11 nitrogen and oxygen atoms in total. The molecule has 8 rings (SSSR count).